The van der Waals surface area contributed by atoms with Crippen molar-refractivity contribution in [3.63, 3.8) is 0 Å². The first-order chi connectivity index (χ1) is 15.9. The van der Waals surface area contributed by atoms with Crippen molar-refractivity contribution in [3.8, 4) is 0 Å². The Morgan fingerprint density at radius 1 is 1.06 bits per heavy atom. The zero-order valence-corrected chi connectivity index (χ0v) is 20.6. The van der Waals surface area contributed by atoms with Crippen LogP contribution in [0.25, 0.3) is 0 Å². The Morgan fingerprint density at radius 3 is 2.52 bits per heavy atom. The molecular weight excluding hydrogens is 410 g/mol. The molecule has 2 amide bonds. The summed E-state index contributed by atoms with van der Waals surface area (Å²) in [6.45, 7) is 10.6. The van der Waals surface area contributed by atoms with Gasteiger partial charge in [0, 0.05) is 36.9 Å². The molecule has 0 aromatic heterocycles. The van der Waals surface area contributed by atoms with Crippen molar-refractivity contribution in [2.45, 2.75) is 66.3 Å². The maximum Gasteiger partial charge on any atom is 0.253 e. The van der Waals surface area contributed by atoms with Gasteiger partial charge in [0.25, 0.3) is 5.91 Å². The molecule has 3 rings (SSSR count). The van der Waals surface area contributed by atoms with Gasteiger partial charge in [-0.15, -0.1) is 0 Å². The molecule has 0 fully saturated rings. The number of unbranched alkanes of at least 4 members (excludes halogenated alkanes) is 1. The SMILES string of the molecule is CCCCC(CC)C(=O)Nc1ccc(N2CCc3ccccc3C2)c(C(=O)NCC(C)C)c1. The van der Waals surface area contributed by atoms with Crippen molar-refractivity contribution >= 4 is 23.2 Å². The molecule has 0 saturated heterocycles. The van der Waals surface area contributed by atoms with Crippen LogP contribution in [-0.4, -0.2) is 24.9 Å². The molecule has 2 N–H and O–H groups in total. The third-order valence-electron chi connectivity index (χ3n) is 6.42. The van der Waals surface area contributed by atoms with Gasteiger partial charge >= 0.3 is 0 Å². The molecule has 2 aromatic carbocycles. The average Bonchev–Trinajstić information content (AvgIpc) is 2.82. The number of rotatable bonds is 10. The number of nitrogens with zero attached hydrogens (tertiary/aromatic N) is 1. The number of anilines is 2. The smallest absolute Gasteiger partial charge is 0.253 e. The van der Waals surface area contributed by atoms with Crippen LogP contribution < -0.4 is 15.5 Å². The maximum absolute atomic E-state index is 13.2. The van der Waals surface area contributed by atoms with Crippen LogP contribution in [0.4, 0.5) is 11.4 Å². The predicted molar refractivity (Wildman–Crippen MR) is 137 cm³/mol. The summed E-state index contributed by atoms with van der Waals surface area (Å²) in [5.41, 5.74) is 4.90. The molecule has 1 aliphatic rings. The Bertz CT molecular complexity index is 954. The van der Waals surface area contributed by atoms with Crippen LogP contribution in [0.5, 0.6) is 0 Å². The highest BCUT2D eigenvalue weighted by molar-refractivity contribution is 6.02. The van der Waals surface area contributed by atoms with E-state index in [2.05, 4.69) is 67.5 Å². The molecule has 1 unspecified atom stereocenters. The van der Waals surface area contributed by atoms with E-state index < -0.39 is 0 Å². The summed E-state index contributed by atoms with van der Waals surface area (Å²) in [4.78, 5) is 28.3. The second-order valence-corrected chi connectivity index (χ2v) is 9.51. The van der Waals surface area contributed by atoms with Gasteiger partial charge in [0.05, 0.1) is 5.56 Å². The Labute approximate surface area is 199 Å². The lowest BCUT2D eigenvalue weighted by Crippen LogP contribution is -2.34. The predicted octanol–water partition coefficient (Wildman–Crippen LogP) is 5.79. The van der Waals surface area contributed by atoms with Crippen molar-refractivity contribution < 1.29 is 9.59 Å². The molecule has 1 aliphatic heterocycles. The van der Waals surface area contributed by atoms with Crippen LogP contribution in [0.15, 0.2) is 42.5 Å². The van der Waals surface area contributed by atoms with Gasteiger partial charge in [-0.25, -0.2) is 0 Å². The first-order valence-corrected chi connectivity index (χ1v) is 12.5. The van der Waals surface area contributed by atoms with Gasteiger partial charge in [0.1, 0.15) is 0 Å². The van der Waals surface area contributed by atoms with E-state index in [1.165, 1.54) is 11.1 Å². The van der Waals surface area contributed by atoms with Crippen LogP contribution >= 0.6 is 0 Å². The van der Waals surface area contributed by atoms with E-state index in [0.717, 1.165) is 50.9 Å². The van der Waals surface area contributed by atoms with E-state index in [-0.39, 0.29) is 17.7 Å². The standard InChI is InChI=1S/C28H39N3O2/c1-5-7-10-21(6-2)27(32)30-24-13-14-26(25(17-24)28(33)29-18-20(3)4)31-16-15-22-11-8-9-12-23(22)19-31/h8-9,11-14,17,20-21H,5-7,10,15-16,18-19H2,1-4H3,(H,29,33)(H,30,32). The summed E-state index contributed by atoms with van der Waals surface area (Å²) in [5, 5.41) is 6.13. The summed E-state index contributed by atoms with van der Waals surface area (Å²) in [5.74, 6) is 0.318. The lowest BCUT2D eigenvalue weighted by atomic mass is 9.97. The number of hydrogen-bond acceptors (Lipinski definition) is 3. The Hall–Kier alpha value is -2.82. The van der Waals surface area contributed by atoms with E-state index in [9.17, 15) is 9.59 Å². The Morgan fingerprint density at radius 2 is 1.82 bits per heavy atom. The monoisotopic (exact) mass is 449 g/mol. The highest BCUT2D eigenvalue weighted by atomic mass is 16.2. The molecule has 1 heterocycles. The third kappa shape index (κ3) is 6.59. The van der Waals surface area contributed by atoms with Crippen LogP contribution in [0, 0.1) is 11.8 Å². The molecule has 0 saturated carbocycles. The van der Waals surface area contributed by atoms with Crippen molar-refractivity contribution in [1.82, 2.24) is 5.32 Å². The quantitative estimate of drug-likeness (QED) is 0.483. The van der Waals surface area contributed by atoms with E-state index in [1.54, 1.807) is 0 Å². The number of nitrogens with one attached hydrogen (secondary N) is 2. The summed E-state index contributed by atoms with van der Waals surface area (Å²) >= 11 is 0. The van der Waals surface area contributed by atoms with Crippen molar-refractivity contribution in [3.05, 3.63) is 59.2 Å². The number of amides is 2. The minimum atomic E-state index is -0.0910. The topological polar surface area (TPSA) is 61.4 Å². The van der Waals surface area contributed by atoms with E-state index in [4.69, 9.17) is 0 Å². The fourth-order valence-corrected chi connectivity index (χ4v) is 4.38. The maximum atomic E-state index is 13.2. The van der Waals surface area contributed by atoms with Gasteiger partial charge in [0.2, 0.25) is 5.91 Å². The van der Waals surface area contributed by atoms with Crippen LogP contribution in [0.1, 0.15) is 74.9 Å². The van der Waals surface area contributed by atoms with Crippen molar-refractivity contribution in [2.75, 3.05) is 23.3 Å². The average molecular weight is 450 g/mol. The summed E-state index contributed by atoms with van der Waals surface area (Å²) in [6.07, 6.45) is 4.80. The largest absolute Gasteiger partial charge is 0.366 e. The molecular formula is C28H39N3O2. The highest BCUT2D eigenvalue weighted by Crippen LogP contribution is 2.30. The van der Waals surface area contributed by atoms with Gasteiger partial charge < -0.3 is 15.5 Å². The summed E-state index contributed by atoms with van der Waals surface area (Å²) < 4.78 is 0. The van der Waals surface area contributed by atoms with Crippen LogP contribution in [-0.2, 0) is 17.8 Å². The molecule has 1 atom stereocenters. The second kappa shape index (κ2) is 11.9. The van der Waals surface area contributed by atoms with E-state index in [1.807, 2.05) is 18.2 Å². The molecule has 0 aliphatic carbocycles. The van der Waals surface area contributed by atoms with Crippen LogP contribution in [0.2, 0.25) is 0 Å². The molecule has 0 bridgehead atoms. The van der Waals surface area contributed by atoms with Crippen LogP contribution in [0.3, 0.4) is 0 Å². The third-order valence-corrected chi connectivity index (χ3v) is 6.42. The van der Waals surface area contributed by atoms with Gasteiger partial charge in [-0.2, -0.15) is 0 Å². The number of hydrogen-bond donors (Lipinski definition) is 2. The lowest BCUT2D eigenvalue weighted by Gasteiger charge is -2.32. The van der Waals surface area contributed by atoms with E-state index >= 15 is 0 Å². The Balaban J connectivity index is 1.85. The minimum absolute atomic E-state index is 0.00133. The number of carbonyl (C=O) groups excluding carboxylic acids is 2. The Kier molecular flexibility index (Phi) is 8.93. The molecule has 33 heavy (non-hydrogen) atoms. The second-order valence-electron chi connectivity index (χ2n) is 9.51. The first kappa shape index (κ1) is 24.8. The fraction of sp³-hybridized carbons (Fsp3) is 0.500. The van der Waals surface area contributed by atoms with Gasteiger partial charge in [-0.05, 0) is 54.5 Å². The highest BCUT2D eigenvalue weighted by Gasteiger charge is 2.23. The molecule has 0 radical (unpaired) electrons. The van der Waals surface area contributed by atoms with Crippen molar-refractivity contribution in [2.24, 2.45) is 11.8 Å². The van der Waals surface area contributed by atoms with E-state index in [0.29, 0.717) is 23.7 Å². The normalized spacial score (nSPS) is 14.0. The zero-order valence-electron chi connectivity index (χ0n) is 20.6. The van der Waals surface area contributed by atoms with Gasteiger partial charge in [-0.1, -0.05) is 64.8 Å². The fourth-order valence-electron chi connectivity index (χ4n) is 4.38. The molecule has 0 spiro atoms. The van der Waals surface area contributed by atoms with Gasteiger partial charge in [0.15, 0.2) is 0 Å². The zero-order chi connectivity index (χ0) is 23.8. The molecule has 2 aromatic rings. The molecule has 5 nitrogen and oxygen atoms in total. The van der Waals surface area contributed by atoms with Gasteiger partial charge in [-0.3, -0.25) is 9.59 Å². The first-order valence-electron chi connectivity index (χ1n) is 12.5. The molecule has 178 valence electrons. The number of fused-ring (bicyclic) bond motifs is 1. The van der Waals surface area contributed by atoms with Crippen molar-refractivity contribution in [1.29, 1.82) is 0 Å². The minimum Gasteiger partial charge on any atom is -0.366 e. The number of benzene rings is 2. The molecule has 5 heteroatoms. The summed E-state index contributed by atoms with van der Waals surface area (Å²) in [6, 6.07) is 14.3. The number of carbonyl (C=O) groups is 2. The lowest BCUT2D eigenvalue weighted by molar-refractivity contribution is -0.120. The summed E-state index contributed by atoms with van der Waals surface area (Å²) in [7, 11) is 0.